The molecular formula is C18H17N5O4S. The standard InChI is InChI=1S/C18H17N5O4S/c1-22(2)13-9-7-12(8-10-13)19-16(24)11-28-18-21-20-17(27-18)14-5-3-4-6-15(14)23(25)26/h3-10H,11H2,1-2H3,(H,19,24). The third-order valence-electron chi connectivity index (χ3n) is 3.73. The maximum absolute atomic E-state index is 12.1. The van der Waals surface area contributed by atoms with Crippen molar-refractivity contribution >= 4 is 34.7 Å². The molecule has 0 aliphatic heterocycles. The Balaban J connectivity index is 1.60. The molecule has 0 saturated heterocycles. The monoisotopic (exact) mass is 399 g/mol. The van der Waals surface area contributed by atoms with E-state index in [4.69, 9.17) is 4.42 Å². The van der Waals surface area contributed by atoms with Crippen LogP contribution in [0.1, 0.15) is 0 Å². The van der Waals surface area contributed by atoms with Gasteiger partial charge in [-0.2, -0.15) is 0 Å². The van der Waals surface area contributed by atoms with Crippen molar-refractivity contribution < 1.29 is 14.1 Å². The predicted molar refractivity (Wildman–Crippen MR) is 107 cm³/mol. The lowest BCUT2D eigenvalue weighted by atomic mass is 10.2. The molecule has 0 aliphatic carbocycles. The second-order valence-electron chi connectivity index (χ2n) is 5.93. The summed E-state index contributed by atoms with van der Waals surface area (Å²) in [7, 11) is 3.87. The van der Waals surface area contributed by atoms with Crippen LogP contribution in [0.15, 0.2) is 58.2 Å². The molecule has 3 aromatic rings. The lowest BCUT2D eigenvalue weighted by Crippen LogP contribution is -2.14. The number of rotatable bonds is 7. The molecule has 3 rings (SSSR count). The number of nitrogens with one attached hydrogen (secondary N) is 1. The van der Waals surface area contributed by atoms with E-state index in [-0.39, 0.29) is 34.0 Å². The minimum absolute atomic E-state index is 0.0366. The van der Waals surface area contributed by atoms with Crippen molar-refractivity contribution in [3.63, 3.8) is 0 Å². The Labute approximate surface area is 164 Å². The fourth-order valence-electron chi connectivity index (χ4n) is 2.36. The van der Waals surface area contributed by atoms with Gasteiger partial charge in [0.2, 0.25) is 5.91 Å². The number of nitro benzene ring substituents is 1. The zero-order valence-corrected chi connectivity index (χ0v) is 16.0. The minimum Gasteiger partial charge on any atom is -0.411 e. The van der Waals surface area contributed by atoms with Crippen LogP contribution >= 0.6 is 11.8 Å². The molecule has 0 radical (unpaired) electrons. The summed E-state index contributed by atoms with van der Waals surface area (Å²) < 4.78 is 5.45. The van der Waals surface area contributed by atoms with Gasteiger partial charge in [0.05, 0.1) is 10.7 Å². The highest BCUT2D eigenvalue weighted by atomic mass is 32.2. The number of carbonyl (C=O) groups excluding carboxylic acids is 1. The van der Waals surface area contributed by atoms with Crippen LogP contribution in [0, 0.1) is 10.1 Å². The van der Waals surface area contributed by atoms with Gasteiger partial charge in [-0.1, -0.05) is 23.9 Å². The van der Waals surface area contributed by atoms with E-state index in [0.29, 0.717) is 5.69 Å². The van der Waals surface area contributed by atoms with Gasteiger partial charge in [-0.15, -0.1) is 10.2 Å². The van der Waals surface area contributed by atoms with Crippen molar-refractivity contribution in [2.45, 2.75) is 5.22 Å². The zero-order chi connectivity index (χ0) is 20.1. The first-order chi connectivity index (χ1) is 13.4. The van der Waals surface area contributed by atoms with Gasteiger partial charge in [0.25, 0.3) is 16.8 Å². The third-order valence-corrected chi connectivity index (χ3v) is 4.55. The van der Waals surface area contributed by atoms with Gasteiger partial charge < -0.3 is 14.6 Å². The smallest absolute Gasteiger partial charge is 0.282 e. The number of benzene rings is 2. The van der Waals surface area contributed by atoms with E-state index in [0.717, 1.165) is 17.4 Å². The Morgan fingerprint density at radius 3 is 2.57 bits per heavy atom. The van der Waals surface area contributed by atoms with E-state index in [1.54, 1.807) is 12.1 Å². The first-order valence-electron chi connectivity index (χ1n) is 8.21. The summed E-state index contributed by atoms with van der Waals surface area (Å²) in [6.45, 7) is 0. The van der Waals surface area contributed by atoms with E-state index in [1.807, 2.05) is 43.3 Å². The summed E-state index contributed by atoms with van der Waals surface area (Å²) in [5, 5.41) is 21.7. The van der Waals surface area contributed by atoms with E-state index in [9.17, 15) is 14.9 Å². The number of hydrogen-bond donors (Lipinski definition) is 1. The fourth-order valence-corrected chi connectivity index (χ4v) is 2.92. The van der Waals surface area contributed by atoms with Crippen molar-refractivity contribution in [3.05, 3.63) is 58.6 Å². The molecule has 1 aromatic heterocycles. The van der Waals surface area contributed by atoms with Gasteiger partial charge >= 0.3 is 0 Å². The molecule has 0 spiro atoms. The Hall–Kier alpha value is -3.40. The van der Waals surface area contributed by atoms with Gasteiger partial charge in [0, 0.05) is 31.5 Å². The highest BCUT2D eigenvalue weighted by Gasteiger charge is 2.20. The van der Waals surface area contributed by atoms with Crippen LogP contribution in [0.3, 0.4) is 0 Å². The second kappa shape index (κ2) is 8.53. The fraction of sp³-hybridized carbons (Fsp3) is 0.167. The quantitative estimate of drug-likeness (QED) is 0.365. The molecule has 0 fully saturated rings. The maximum Gasteiger partial charge on any atom is 0.282 e. The molecule has 1 heterocycles. The lowest BCUT2D eigenvalue weighted by Gasteiger charge is -2.12. The first kappa shape index (κ1) is 19.4. The van der Waals surface area contributed by atoms with Crippen molar-refractivity contribution in [3.8, 4) is 11.5 Å². The molecule has 1 N–H and O–H groups in total. The molecule has 1 amide bonds. The number of carbonyl (C=O) groups is 1. The van der Waals surface area contributed by atoms with Crippen molar-refractivity contribution in [2.75, 3.05) is 30.1 Å². The summed E-state index contributed by atoms with van der Waals surface area (Å²) in [6.07, 6.45) is 0. The zero-order valence-electron chi connectivity index (χ0n) is 15.2. The molecule has 0 saturated carbocycles. The van der Waals surface area contributed by atoms with Crippen LogP contribution in [-0.4, -0.2) is 40.9 Å². The summed E-state index contributed by atoms with van der Waals surface area (Å²) in [6, 6.07) is 13.5. The summed E-state index contributed by atoms with van der Waals surface area (Å²) in [4.78, 5) is 24.7. The van der Waals surface area contributed by atoms with Crippen LogP contribution in [0.5, 0.6) is 0 Å². The number of nitro groups is 1. The normalized spacial score (nSPS) is 10.5. The van der Waals surface area contributed by atoms with E-state index in [2.05, 4.69) is 15.5 Å². The van der Waals surface area contributed by atoms with Crippen LogP contribution in [0.25, 0.3) is 11.5 Å². The van der Waals surface area contributed by atoms with Crippen LogP contribution in [0.4, 0.5) is 17.1 Å². The summed E-state index contributed by atoms with van der Waals surface area (Å²) in [5.41, 5.74) is 1.82. The molecule has 0 unspecified atom stereocenters. The van der Waals surface area contributed by atoms with Crippen LogP contribution in [-0.2, 0) is 4.79 Å². The summed E-state index contributed by atoms with van der Waals surface area (Å²) in [5.74, 6) is -0.129. The first-order valence-corrected chi connectivity index (χ1v) is 9.20. The molecule has 9 nitrogen and oxygen atoms in total. The number of thioether (sulfide) groups is 1. The minimum atomic E-state index is -0.513. The molecular weight excluding hydrogens is 382 g/mol. The molecule has 0 aliphatic rings. The molecule has 0 atom stereocenters. The van der Waals surface area contributed by atoms with Gasteiger partial charge in [0.1, 0.15) is 5.56 Å². The third kappa shape index (κ3) is 4.65. The molecule has 144 valence electrons. The van der Waals surface area contributed by atoms with E-state index >= 15 is 0 Å². The molecule has 0 bridgehead atoms. The second-order valence-corrected chi connectivity index (χ2v) is 6.85. The maximum atomic E-state index is 12.1. The van der Waals surface area contributed by atoms with Crippen LogP contribution < -0.4 is 10.2 Å². The average molecular weight is 399 g/mol. The summed E-state index contributed by atoms with van der Waals surface area (Å²) >= 11 is 1.06. The highest BCUT2D eigenvalue weighted by Crippen LogP contribution is 2.30. The molecule has 28 heavy (non-hydrogen) atoms. The number of hydrogen-bond acceptors (Lipinski definition) is 8. The van der Waals surface area contributed by atoms with E-state index in [1.165, 1.54) is 12.1 Å². The SMILES string of the molecule is CN(C)c1ccc(NC(=O)CSc2nnc(-c3ccccc3[N+](=O)[O-])o2)cc1. The molecule has 10 heteroatoms. The number of amides is 1. The van der Waals surface area contributed by atoms with Crippen molar-refractivity contribution in [1.82, 2.24) is 10.2 Å². The largest absolute Gasteiger partial charge is 0.411 e. The van der Waals surface area contributed by atoms with Gasteiger partial charge in [-0.25, -0.2) is 0 Å². The average Bonchev–Trinajstić information content (AvgIpc) is 3.15. The Kier molecular flexibility index (Phi) is 5.90. The number of para-hydroxylation sites is 1. The van der Waals surface area contributed by atoms with Crippen LogP contribution in [0.2, 0.25) is 0 Å². The topological polar surface area (TPSA) is 114 Å². The van der Waals surface area contributed by atoms with Gasteiger partial charge in [-0.05, 0) is 30.3 Å². The van der Waals surface area contributed by atoms with Crippen molar-refractivity contribution in [2.24, 2.45) is 0 Å². The Bertz CT molecular complexity index is 988. The highest BCUT2D eigenvalue weighted by molar-refractivity contribution is 7.99. The van der Waals surface area contributed by atoms with Gasteiger partial charge in [-0.3, -0.25) is 14.9 Å². The van der Waals surface area contributed by atoms with Gasteiger partial charge in [0.15, 0.2) is 0 Å². The predicted octanol–water partition coefficient (Wildman–Crippen LogP) is 3.44. The number of anilines is 2. The molecule has 2 aromatic carbocycles. The Morgan fingerprint density at radius 2 is 1.89 bits per heavy atom. The number of nitrogens with zero attached hydrogens (tertiary/aromatic N) is 4. The lowest BCUT2D eigenvalue weighted by molar-refractivity contribution is -0.384. The van der Waals surface area contributed by atoms with E-state index < -0.39 is 4.92 Å². The Morgan fingerprint density at radius 1 is 1.18 bits per heavy atom. The number of aromatic nitrogens is 2. The van der Waals surface area contributed by atoms with Crippen molar-refractivity contribution in [1.29, 1.82) is 0 Å².